The SMILES string of the molecule is O=[N+]([O-])c1cc(S(=O)(=O)N2CCCCCC2)ccc1Oc1cccnc1[N+](=O)[O-]. The fourth-order valence-corrected chi connectivity index (χ4v) is 4.57. The highest BCUT2D eigenvalue weighted by Crippen LogP contribution is 2.36. The molecule has 12 heteroatoms. The highest BCUT2D eigenvalue weighted by molar-refractivity contribution is 7.89. The van der Waals surface area contributed by atoms with Gasteiger partial charge in [0.15, 0.2) is 0 Å². The fourth-order valence-electron chi connectivity index (χ4n) is 3.04. The minimum absolute atomic E-state index is 0.223. The third-order valence-corrected chi connectivity index (χ3v) is 6.37. The van der Waals surface area contributed by atoms with Crippen molar-refractivity contribution in [2.45, 2.75) is 30.6 Å². The van der Waals surface area contributed by atoms with Crippen LogP contribution in [0.5, 0.6) is 11.5 Å². The van der Waals surface area contributed by atoms with Crippen LogP contribution < -0.4 is 4.74 Å². The number of nitro benzene ring substituents is 1. The van der Waals surface area contributed by atoms with Gasteiger partial charge in [-0.25, -0.2) is 8.42 Å². The standard InChI is InChI=1S/C17H18N4O7S/c22-20(23)14-12-13(29(26,27)19-10-3-1-2-4-11-19)7-8-15(14)28-16-6-5-9-18-17(16)21(24)25/h5-9,12H,1-4,10-11H2. The average molecular weight is 422 g/mol. The lowest BCUT2D eigenvalue weighted by atomic mass is 10.2. The van der Waals surface area contributed by atoms with Crippen LogP contribution in [0.25, 0.3) is 0 Å². The van der Waals surface area contributed by atoms with E-state index in [-0.39, 0.29) is 16.4 Å². The molecule has 11 nitrogen and oxygen atoms in total. The normalized spacial score (nSPS) is 15.4. The Bertz CT molecular complexity index is 1030. The summed E-state index contributed by atoms with van der Waals surface area (Å²) in [5.41, 5.74) is -0.612. The molecular formula is C17H18N4O7S. The summed E-state index contributed by atoms with van der Waals surface area (Å²) in [4.78, 5) is 24.4. The molecule has 1 aliphatic heterocycles. The number of hydrogen-bond acceptors (Lipinski definition) is 8. The van der Waals surface area contributed by atoms with Gasteiger partial charge in [-0.3, -0.25) is 10.1 Å². The number of nitrogens with zero attached hydrogens (tertiary/aromatic N) is 4. The number of benzene rings is 1. The van der Waals surface area contributed by atoms with Crippen molar-refractivity contribution in [1.29, 1.82) is 0 Å². The van der Waals surface area contributed by atoms with Crippen molar-refractivity contribution in [3.63, 3.8) is 0 Å². The molecule has 0 bridgehead atoms. The zero-order chi connectivity index (χ0) is 21.0. The average Bonchev–Trinajstić information content (AvgIpc) is 2.98. The van der Waals surface area contributed by atoms with Gasteiger partial charge in [-0.15, -0.1) is 0 Å². The lowest BCUT2D eigenvalue weighted by Crippen LogP contribution is -2.31. The van der Waals surface area contributed by atoms with E-state index in [0.29, 0.717) is 13.1 Å². The van der Waals surface area contributed by atoms with E-state index in [1.165, 1.54) is 28.7 Å². The van der Waals surface area contributed by atoms with E-state index in [1.807, 2.05) is 0 Å². The topological polar surface area (TPSA) is 146 Å². The van der Waals surface area contributed by atoms with Crippen molar-refractivity contribution in [2.24, 2.45) is 0 Å². The predicted molar refractivity (Wildman–Crippen MR) is 101 cm³/mol. The molecule has 1 aromatic heterocycles. The van der Waals surface area contributed by atoms with Crippen molar-refractivity contribution in [1.82, 2.24) is 9.29 Å². The maximum absolute atomic E-state index is 12.9. The quantitative estimate of drug-likeness (QED) is 0.509. The summed E-state index contributed by atoms with van der Waals surface area (Å²) in [6.07, 6.45) is 4.52. The third-order valence-electron chi connectivity index (χ3n) is 4.47. The van der Waals surface area contributed by atoms with Crippen molar-refractivity contribution in [3.05, 3.63) is 56.8 Å². The smallest absolute Gasteiger partial charge is 0.406 e. The van der Waals surface area contributed by atoms with Gasteiger partial charge < -0.3 is 14.9 Å². The molecule has 2 aromatic rings. The zero-order valence-electron chi connectivity index (χ0n) is 15.3. The number of aromatic nitrogens is 1. The number of nitro groups is 2. The van der Waals surface area contributed by atoms with Gasteiger partial charge in [0.05, 0.1) is 9.82 Å². The Morgan fingerprint density at radius 1 is 0.966 bits per heavy atom. The molecule has 1 saturated heterocycles. The molecule has 0 atom stereocenters. The van der Waals surface area contributed by atoms with Crippen molar-refractivity contribution >= 4 is 21.5 Å². The summed E-state index contributed by atoms with van der Waals surface area (Å²) in [5.74, 6) is -1.22. The van der Waals surface area contributed by atoms with Gasteiger partial charge in [0.25, 0.3) is 0 Å². The second kappa shape index (κ2) is 8.49. The molecule has 0 amide bonds. The molecule has 0 aliphatic carbocycles. The van der Waals surface area contributed by atoms with Crippen LogP contribution in [0, 0.1) is 20.2 Å². The van der Waals surface area contributed by atoms with E-state index in [2.05, 4.69) is 4.98 Å². The first-order valence-corrected chi connectivity index (χ1v) is 10.3. The molecule has 0 unspecified atom stereocenters. The lowest BCUT2D eigenvalue weighted by Gasteiger charge is -2.20. The van der Waals surface area contributed by atoms with E-state index in [0.717, 1.165) is 37.8 Å². The van der Waals surface area contributed by atoms with Crippen LogP contribution in [0.1, 0.15) is 25.7 Å². The second-order valence-electron chi connectivity index (χ2n) is 6.39. The van der Waals surface area contributed by atoms with Gasteiger partial charge in [-0.05, 0) is 47.0 Å². The molecule has 154 valence electrons. The van der Waals surface area contributed by atoms with E-state index < -0.39 is 31.4 Å². The highest BCUT2D eigenvalue weighted by Gasteiger charge is 2.29. The van der Waals surface area contributed by atoms with Gasteiger partial charge in [0, 0.05) is 19.2 Å². The molecule has 29 heavy (non-hydrogen) atoms. The monoisotopic (exact) mass is 422 g/mol. The van der Waals surface area contributed by atoms with Gasteiger partial charge in [0.1, 0.15) is 6.20 Å². The number of rotatable bonds is 6. The first kappa shape index (κ1) is 20.6. The minimum Gasteiger partial charge on any atom is -0.441 e. The summed E-state index contributed by atoms with van der Waals surface area (Å²) in [5, 5.41) is 22.6. The van der Waals surface area contributed by atoms with Crippen LogP contribution in [-0.4, -0.2) is 40.6 Å². The van der Waals surface area contributed by atoms with Crippen LogP contribution in [0.3, 0.4) is 0 Å². The maximum Gasteiger partial charge on any atom is 0.406 e. The highest BCUT2D eigenvalue weighted by atomic mass is 32.2. The van der Waals surface area contributed by atoms with Crippen molar-refractivity contribution in [3.8, 4) is 11.5 Å². The summed E-state index contributed by atoms with van der Waals surface area (Å²) in [6.45, 7) is 0.715. The van der Waals surface area contributed by atoms with Crippen LogP contribution in [-0.2, 0) is 10.0 Å². The van der Waals surface area contributed by atoms with Gasteiger partial charge in [-0.2, -0.15) is 4.31 Å². The fraction of sp³-hybridized carbons (Fsp3) is 0.353. The van der Waals surface area contributed by atoms with Crippen molar-refractivity contribution in [2.75, 3.05) is 13.1 Å². The molecule has 1 aliphatic rings. The first-order valence-electron chi connectivity index (χ1n) is 8.86. The first-order chi connectivity index (χ1) is 13.8. The van der Waals surface area contributed by atoms with E-state index >= 15 is 0 Å². The molecule has 0 spiro atoms. The molecule has 1 aromatic carbocycles. The summed E-state index contributed by atoms with van der Waals surface area (Å²) < 4.78 is 32.4. The Labute approximate surface area is 166 Å². The number of hydrogen-bond donors (Lipinski definition) is 0. The molecular weight excluding hydrogens is 404 g/mol. The minimum atomic E-state index is -3.90. The Balaban J connectivity index is 1.98. The summed E-state index contributed by atoms with van der Waals surface area (Å²) in [7, 11) is -3.90. The van der Waals surface area contributed by atoms with E-state index in [4.69, 9.17) is 4.74 Å². The lowest BCUT2D eigenvalue weighted by molar-refractivity contribution is -0.391. The number of ether oxygens (including phenoxy) is 1. The number of pyridine rings is 1. The van der Waals surface area contributed by atoms with Gasteiger partial charge >= 0.3 is 11.5 Å². The predicted octanol–water partition coefficient (Wildman–Crippen LogP) is 3.26. The Morgan fingerprint density at radius 2 is 1.66 bits per heavy atom. The molecule has 0 N–H and O–H groups in total. The van der Waals surface area contributed by atoms with Crippen LogP contribution in [0.2, 0.25) is 0 Å². The Morgan fingerprint density at radius 3 is 2.28 bits per heavy atom. The molecule has 0 saturated carbocycles. The van der Waals surface area contributed by atoms with Gasteiger partial charge in [-0.1, -0.05) is 12.8 Å². The Kier molecular flexibility index (Phi) is 6.03. The third kappa shape index (κ3) is 4.49. The summed E-state index contributed by atoms with van der Waals surface area (Å²) >= 11 is 0. The molecule has 3 rings (SSSR count). The largest absolute Gasteiger partial charge is 0.441 e. The molecule has 1 fully saturated rings. The molecule has 2 heterocycles. The van der Waals surface area contributed by atoms with Crippen LogP contribution >= 0.6 is 0 Å². The molecule has 0 radical (unpaired) electrons. The van der Waals surface area contributed by atoms with E-state index in [1.54, 1.807) is 0 Å². The number of sulfonamides is 1. The maximum atomic E-state index is 12.9. The van der Waals surface area contributed by atoms with Gasteiger partial charge in [0.2, 0.25) is 21.5 Å². The van der Waals surface area contributed by atoms with E-state index in [9.17, 15) is 28.6 Å². The zero-order valence-corrected chi connectivity index (χ0v) is 16.1. The second-order valence-corrected chi connectivity index (χ2v) is 8.33. The van der Waals surface area contributed by atoms with Crippen molar-refractivity contribution < 1.29 is 23.0 Å². The summed E-state index contributed by atoms with van der Waals surface area (Å²) in [6, 6.07) is 5.87. The van der Waals surface area contributed by atoms with Crippen LogP contribution in [0.4, 0.5) is 11.5 Å². The van der Waals surface area contributed by atoms with Crippen LogP contribution in [0.15, 0.2) is 41.4 Å². The Hall–Kier alpha value is -3.12.